The van der Waals surface area contributed by atoms with Gasteiger partial charge in [0.15, 0.2) is 0 Å². The largest absolute Gasteiger partial charge is 0.492 e. The van der Waals surface area contributed by atoms with E-state index in [1.807, 2.05) is 84.9 Å². The molecule has 8 nitrogen and oxygen atoms in total. The van der Waals surface area contributed by atoms with Gasteiger partial charge < -0.3 is 24.9 Å². The van der Waals surface area contributed by atoms with Crippen LogP contribution in [0.15, 0.2) is 140 Å². The van der Waals surface area contributed by atoms with Crippen molar-refractivity contribution in [2.24, 2.45) is 0 Å². The van der Waals surface area contributed by atoms with Crippen LogP contribution >= 0.6 is 0 Å². The molecule has 8 heteroatoms. The van der Waals surface area contributed by atoms with Crippen LogP contribution < -0.4 is 14.8 Å². The van der Waals surface area contributed by atoms with Gasteiger partial charge in [-0.15, -0.1) is 0 Å². The first kappa shape index (κ1) is 33.1. The molecule has 49 heavy (non-hydrogen) atoms. The van der Waals surface area contributed by atoms with Gasteiger partial charge in [0.05, 0.1) is 0 Å². The second kappa shape index (κ2) is 16.3. The fraction of sp³-hybridized carbons (Fsp3) is 0.171. The minimum atomic E-state index is -1.14. The highest BCUT2D eigenvalue weighted by molar-refractivity contribution is 5.97. The maximum absolute atomic E-state index is 13.3. The quantitative estimate of drug-likeness (QED) is 0.102. The summed E-state index contributed by atoms with van der Waals surface area (Å²) in [5, 5.41) is 13.6. The van der Waals surface area contributed by atoms with E-state index < -0.39 is 17.9 Å². The monoisotopic (exact) mass is 653 g/mol. The number of aromatic nitrogens is 1. The van der Waals surface area contributed by atoms with Crippen LogP contribution in [0.25, 0.3) is 10.9 Å². The zero-order valence-corrected chi connectivity index (χ0v) is 27.1. The standard InChI is InChI=1S/C41H39N3O5/c45-40(43-39(41(46)47)24-34-26-42-38-20-19-36(25-37(34)38)49-29-32-15-8-3-9-16-32)33-17-10-18-35(23-33)48-22-21-44(27-30-11-4-1-5-12-30)28-31-13-6-2-7-14-31/h1-20,23,25-26,39,42H,21-22,24,27-29H2,(H,43,45)(H,46,47). The lowest BCUT2D eigenvalue weighted by atomic mass is 10.0. The van der Waals surface area contributed by atoms with Gasteiger partial charge in [0, 0.05) is 48.7 Å². The Morgan fingerprint density at radius 2 is 1.35 bits per heavy atom. The zero-order valence-electron chi connectivity index (χ0n) is 27.1. The van der Waals surface area contributed by atoms with Gasteiger partial charge in [-0.3, -0.25) is 9.69 Å². The highest BCUT2D eigenvalue weighted by Crippen LogP contribution is 2.26. The smallest absolute Gasteiger partial charge is 0.326 e. The van der Waals surface area contributed by atoms with Crippen molar-refractivity contribution in [2.45, 2.75) is 32.2 Å². The molecule has 0 aliphatic heterocycles. The molecule has 0 radical (unpaired) electrons. The molecule has 248 valence electrons. The number of benzene rings is 5. The van der Waals surface area contributed by atoms with Crippen molar-refractivity contribution in [2.75, 3.05) is 13.2 Å². The summed E-state index contributed by atoms with van der Waals surface area (Å²) in [6.45, 7) is 3.06. The number of hydrogen-bond donors (Lipinski definition) is 3. The number of aromatic amines is 1. The van der Waals surface area contributed by atoms with Gasteiger partial charge in [0.25, 0.3) is 5.91 Å². The molecular weight excluding hydrogens is 614 g/mol. The van der Waals surface area contributed by atoms with Gasteiger partial charge in [-0.05, 0) is 58.7 Å². The third kappa shape index (κ3) is 9.37. The number of carbonyl (C=O) groups excluding carboxylic acids is 1. The van der Waals surface area contributed by atoms with Crippen LogP contribution in [0.2, 0.25) is 0 Å². The number of rotatable bonds is 16. The third-order valence-electron chi connectivity index (χ3n) is 8.29. The molecule has 1 atom stereocenters. The van der Waals surface area contributed by atoms with E-state index in [4.69, 9.17) is 9.47 Å². The Balaban J connectivity index is 1.07. The first-order valence-corrected chi connectivity index (χ1v) is 16.3. The van der Waals surface area contributed by atoms with Crippen molar-refractivity contribution >= 4 is 22.8 Å². The van der Waals surface area contributed by atoms with Gasteiger partial charge >= 0.3 is 5.97 Å². The second-order valence-electron chi connectivity index (χ2n) is 11.9. The topological polar surface area (TPSA) is 104 Å². The maximum Gasteiger partial charge on any atom is 0.326 e. The molecule has 6 aromatic rings. The summed E-state index contributed by atoms with van der Waals surface area (Å²) in [5.41, 5.74) is 5.43. The Hall–Kier alpha value is -5.86. The second-order valence-corrected chi connectivity index (χ2v) is 11.9. The number of fused-ring (bicyclic) bond motifs is 1. The summed E-state index contributed by atoms with van der Waals surface area (Å²) in [5.74, 6) is -0.394. The van der Waals surface area contributed by atoms with Gasteiger partial charge in [-0.25, -0.2) is 4.79 Å². The van der Waals surface area contributed by atoms with Gasteiger partial charge in [-0.2, -0.15) is 0 Å². The number of amides is 1. The van der Waals surface area contributed by atoms with E-state index >= 15 is 0 Å². The predicted octanol–water partition coefficient (Wildman–Crippen LogP) is 7.25. The Kier molecular flexibility index (Phi) is 11.0. The van der Waals surface area contributed by atoms with Crippen LogP contribution in [0.4, 0.5) is 0 Å². The fourth-order valence-electron chi connectivity index (χ4n) is 5.74. The summed E-state index contributed by atoms with van der Waals surface area (Å²) in [6, 6.07) is 41.9. The number of carbonyl (C=O) groups is 2. The molecule has 0 aliphatic carbocycles. The summed E-state index contributed by atoms with van der Waals surface area (Å²) < 4.78 is 12.1. The van der Waals surface area contributed by atoms with Crippen LogP contribution in [-0.4, -0.2) is 46.1 Å². The lowest BCUT2D eigenvalue weighted by Gasteiger charge is -2.23. The van der Waals surface area contributed by atoms with Crippen molar-refractivity contribution in [1.82, 2.24) is 15.2 Å². The van der Waals surface area contributed by atoms with Crippen LogP contribution in [0.3, 0.4) is 0 Å². The molecule has 1 unspecified atom stereocenters. The van der Waals surface area contributed by atoms with Crippen molar-refractivity contribution in [3.05, 3.63) is 167 Å². The molecule has 1 heterocycles. The number of carboxylic acid groups (broad SMARTS) is 1. The minimum absolute atomic E-state index is 0.0953. The van der Waals surface area contributed by atoms with E-state index in [-0.39, 0.29) is 6.42 Å². The highest BCUT2D eigenvalue weighted by Gasteiger charge is 2.23. The number of H-pyrrole nitrogens is 1. The number of ether oxygens (including phenoxy) is 2. The number of nitrogens with zero attached hydrogens (tertiary/aromatic N) is 1. The van der Waals surface area contributed by atoms with Gasteiger partial charge in [0.1, 0.15) is 30.8 Å². The van der Waals surface area contributed by atoms with Crippen LogP contribution in [-0.2, 0) is 30.9 Å². The number of nitrogens with one attached hydrogen (secondary N) is 2. The number of carboxylic acids is 1. The van der Waals surface area contributed by atoms with Crippen molar-refractivity contribution in [3.63, 3.8) is 0 Å². The summed E-state index contributed by atoms with van der Waals surface area (Å²) in [6.07, 6.45) is 1.87. The minimum Gasteiger partial charge on any atom is -0.492 e. The van der Waals surface area contributed by atoms with Crippen LogP contribution in [0.1, 0.15) is 32.6 Å². The molecule has 5 aromatic carbocycles. The third-order valence-corrected chi connectivity index (χ3v) is 8.29. The summed E-state index contributed by atoms with van der Waals surface area (Å²) >= 11 is 0. The van der Waals surface area contributed by atoms with Gasteiger partial charge in [0.2, 0.25) is 0 Å². The van der Waals surface area contributed by atoms with E-state index in [2.05, 4.69) is 39.5 Å². The van der Waals surface area contributed by atoms with Crippen molar-refractivity contribution in [3.8, 4) is 11.5 Å². The molecule has 6 rings (SSSR count). The Bertz CT molecular complexity index is 1920. The Morgan fingerprint density at radius 1 is 0.714 bits per heavy atom. The molecule has 0 spiro atoms. The molecular formula is C41H39N3O5. The molecule has 1 amide bonds. The Morgan fingerprint density at radius 3 is 2.00 bits per heavy atom. The fourth-order valence-corrected chi connectivity index (χ4v) is 5.74. The SMILES string of the molecule is O=C(NC(Cc1c[nH]c2ccc(OCc3ccccc3)cc12)C(=O)O)c1cccc(OCCN(Cc2ccccc2)Cc2ccccc2)c1. The molecule has 0 saturated carbocycles. The molecule has 0 saturated heterocycles. The lowest BCUT2D eigenvalue weighted by molar-refractivity contribution is -0.139. The van der Waals surface area contributed by atoms with Crippen molar-refractivity contribution < 1.29 is 24.2 Å². The van der Waals surface area contributed by atoms with Crippen molar-refractivity contribution in [1.29, 1.82) is 0 Å². The van der Waals surface area contributed by atoms with E-state index in [1.54, 1.807) is 30.5 Å². The summed E-state index contributed by atoms with van der Waals surface area (Å²) in [4.78, 5) is 31.1. The number of hydrogen-bond acceptors (Lipinski definition) is 5. The highest BCUT2D eigenvalue weighted by atomic mass is 16.5. The zero-order chi connectivity index (χ0) is 33.8. The Labute approximate surface area is 285 Å². The number of aliphatic carboxylic acids is 1. The normalized spacial score (nSPS) is 11.7. The lowest BCUT2D eigenvalue weighted by Crippen LogP contribution is -2.42. The van der Waals surface area contributed by atoms with Crippen LogP contribution in [0.5, 0.6) is 11.5 Å². The van der Waals surface area contributed by atoms with Crippen LogP contribution in [0, 0.1) is 0 Å². The first-order chi connectivity index (χ1) is 24.0. The van der Waals surface area contributed by atoms with Gasteiger partial charge in [-0.1, -0.05) is 97.1 Å². The van der Waals surface area contributed by atoms with E-state index in [0.29, 0.717) is 36.8 Å². The average molecular weight is 654 g/mol. The molecule has 0 fully saturated rings. The van der Waals surface area contributed by atoms with E-state index in [9.17, 15) is 14.7 Å². The average Bonchev–Trinajstić information content (AvgIpc) is 3.53. The maximum atomic E-state index is 13.3. The molecule has 3 N–H and O–H groups in total. The van der Waals surface area contributed by atoms with E-state index in [1.165, 1.54) is 11.1 Å². The molecule has 1 aromatic heterocycles. The summed E-state index contributed by atoms with van der Waals surface area (Å²) in [7, 11) is 0. The predicted molar refractivity (Wildman–Crippen MR) is 191 cm³/mol. The first-order valence-electron chi connectivity index (χ1n) is 16.3. The molecule has 0 aliphatic rings. The molecule has 0 bridgehead atoms. The van der Waals surface area contributed by atoms with E-state index in [0.717, 1.165) is 35.1 Å².